The molecule has 1 atom stereocenters. The number of methoxy groups -OCH3 is 1. The average Bonchev–Trinajstić information content (AvgIpc) is 2.66. The van der Waals surface area contributed by atoms with E-state index in [1.807, 2.05) is 54.6 Å². The lowest BCUT2D eigenvalue weighted by Crippen LogP contribution is -2.42. The molecule has 1 N–H and O–H groups in total. The first-order chi connectivity index (χ1) is 13.3. The van der Waals surface area contributed by atoms with E-state index in [9.17, 15) is 9.59 Å². The van der Waals surface area contributed by atoms with Crippen molar-refractivity contribution in [2.45, 2.75) is 32.1 Å². The van der Waals surface area contributed by atoms with Gasteiger partial charge in [-0.05, 0) is 49.0 Å². The van der Waals surface area contributed by atoms with E-state index in [1.165, 1.54) is 13.2 Å². The lowest BCUT2D eigenvalue weighted by Gasteiger charge is -2.19. The predicted octanol–water partition coefficient (Wildman–Crippen LogP) is 3.81. The van der Waals surface area contributed by atoms with Gasteiger partial charge in [-0.1, -0.05) is 42.5 Å². The predicted molar refractivity (Wildman–Crippen MR) is 114 cm³/mol. The molecular weight excluding hydrogens is 370 g/mol. The van der Waals surface area contributed by atoms with Crippen LogP contribution in [-0.4, -0.2) is 33.3 Å². The largest absolute Gasteiger partial charge is 0.544 e. The number of carbonyl (C=O) groups is 2. The first-order valence-corrected chi connectivity index (χ1v) is 12.6. The summed E-state index contributed by atoms with van der Waals surface area (Å²) in [5, 5.41) is 2.71. The monoisotopic (exact) mass is 397 g/mol. The molecule has 0 aliphatic rings. The summed E-state index contributed by atoms with van der Waals surface area (Å²) < 4.78 is 10.7. The molecule has 28 heavy (non-hydrogen) atoms. The maximum absolute atomic E-state index is 12.3. The van der Waals surface area contributed by atoms with Crippen LogP contribution < -0.4 is 9.74 Å². The van der Waals surface area contributed by atoms with Gasteiger partial charge < -0.3 is 14.5 Å². The van der Waals surface area contributed by atoms with Gasteiger partial charge in [-0.3, -0.25) is 4.79 Å². The summed E-state index contributed by atoms with van der Waals surface area (Å²) >= 11 is 0. The molecule has 0 saturated carbocycles. The molecule has 2 aromatic carbocycles. The van der Waals surface area contributed by atoms with Gasteiger partial charge in [0.15, 0.2) is 0 Å². The van der Waals surface area contributed by atoms with Gasteiger partial charge >= 0.3 is 5.97 Å². The number of ether oxygens (including phenoxy) is 1. The fourth-order valence-electron chi connectivity index (χ4n) is 2.58. The van der Waals surface area contributed by atoms with E-state index in [2.05, 4.69) is 25.0 Å². The van der Waals surface area contributed by atoms with E-state index in [0.717, 1.165) is 16.9 Å². The molecule has 0 aliphatic heterocycles. The highest BCUT2D eigenvalue weighted by molar-refractivity contribution is 6.70. The highest BCUT2D eigenvalue weighted by Crippen LogP contribution is 2.17. The van der Waals surface area contributed by atoms with Crippen LogP contribution in [-0.2, 0) is 20.7 Å². The number of esters is 1. The van der Waals surface area contributed by atoms with Gasteiger partial charge in [-0.15, -0.1) is 0 Å². The first-order valence-electron chi connectivity index (χ1n) is 9.16. The molecule has 148 valence electrons. The summed E-state index contributed by atoms with van der Waals surface area (Å²) in [6.07, 6.45) is 3.48. The van der Waals surface area contributed by atoms with Gasteiger partial charge in [0, 0.05) is 12.5 Å². The molecule has 5 nitrogen and oxygen atoms in total. The van der Waals surface area contributed by atoms with Crippen molar-refractivity contribution in [3.05, 3.63) is 71.8 Å². The number of hydrogen-bond donors (Lipinski definition) is 1. The van der Waals surface area contributed by atoms with E-state index in [1.54, 1.807) is 6.08 Å². The SMILES string of the molecule is COC(=O)[C@H](Cc1ccccc1)NC(=O)/C=C/c1ccc(O[Si](C)(C)C)cc1. The second-order valence-electron chi connectivity index (χ2n) is 7.39. The maximum Gasteiger partial charge on any atom is 0.328 e. The first kappa shape index (κ1) is 21.4. The van der Waals surface area contributed by atoms with Crippen LogP contribution in [0.1, 0.15) is 11.1 Å². The minimum absolute atomic E-state index is 0.353. The normalized spacial score (nSPS) is 12.4. The number of hydrogen-bond acceptors (Lipinski definition) is 4. The Morgan fingerprint density at radius 1 is 1.04 bits per heavy atom. The zero-order valence-corrected chi connectivity index (χ0v) is 17.8. The third-order valence-electron chi connectivity index (χ3n) is 3.82. The Bertz CT molecular complexity index is 811. The number of nitrogens with one attached hydrogen (secondary N) is 1. The third kappa shape index (κ3) is 7.40. The number of rotatable bonds is 8. The van der Waals surface area contributed by atoms with Gasteiger partial charge in [0.2, 0.25) is 14.2 Å². The molecule has 0 saturated heterocycles. The molecule has 0 aromatic heterocycles. The summed E-state index contributed by atoms with van der Waals surface area (Å²) in [6.45, 7) is 6.37. The third-order valence-corrected chi connectivity index (χ3v) is 4.66. The van der Waals surface area contributed by atoms with Crippen LogP contribution in [0.3, 0.4) is 0 Å². The quantitative estimate of drug-likeness (QED) is 0.418. The zero-order chi connectivity index (χ0) is 20.6. The summed E-state index contributed by atoms with van der Waals surface area (Å²) in [5.41, 5.74) is 1.82. The fraction of sp³-hybridized carbons (Fsp3) is 0.273. The smallest absolute Gasteiger partial charge is 0.328 e. The maximum atomic E-state index is 12.3. The molecule has 0 unspecified atom stereocenters. The van der Waals surface area contributed by atoms with Crippen molar-refractivity contribution < 1.29 is 18.8 Å². The molecular formula is C22H27NO4Si. The number of benzene rings is 2. The molecule has 0 aliphatic carbocycles. The second-order valence-corrected chi connectivity index (χ2v) is 11.8. The molecule has 2 rings (SSSR count). The number of carbonyl (C=O) groups excluding carboxylic acids is 2. The van der Waals surface area contributed by atoms with Crippen LogP contribution in [0, 0.1) is 0 Å². The van der Waals surface area contributed by atoms with Crippen molar-refractivity contribution in [3.8, 4) is 5.75 Å². The van der Waals surface area contributed by atoms with Gasteiger partial charge in [-0.25, -0.2) is 4.79 Å². The Hall–Kier alpha value is -2.86. The van der Waals surface area contributed by atoms with Gasteiger partial charge in [-0.2, -0.15) is 0 Å². The lowest BCUT2D eigenvalue weighted by atomic mass is 10.1. The Morgan fingerprint density at radius 3 is 2.25 bits per heavy atom. The molecule has 0 radical (unpaired) electrons. The Morgan fingerprint density at radius 2 is 1.68 bits per heavy atom. The Labute approximate surface area is 167 Å². The van der Waals surface area contributed by atoms with Gasteiger partial charge in [0.25, 0.3) is 0 Å². The van der Waals surface area contributed by atoms with Crippen LogP contribution in [0.5, 0.6) is 5.75 Å². The second kappa shape index (κ2) is 9.89. The summed E-state index contributed by atoms with van der Waals surface area (Å²) in [6, 6.07) is 16.3. The van der Waals surface area contributed by atoms with Gasteiger partial charge in [0.05, 0.1) is 7.11 Å². The minimum Gasteiger partial charge on any atom is -0.544 e. The highest BCUT2D eigenvalue weighted by Gasteiger charge is 2.21. The molecule has 0 heterocycles. The van der Waals surface area contributed by atoms with Crippen LogP contribution in [0.15, 0.2) is 60.7 Å². The van der Waals surface area contributed by atoms with E-state index < -0.39 is 20.3 Å². The van der Waals surface area contributed by atoms with Crippen LogP contribution in [0.25, 0.3) is 6.08 Å². The summed E-state index contributed by atoms with van der Waals surface area (Å²) in [5.74, 6) is 0.00147. The summed E-state index contributed by atoms with van der Waals surface area (Å²) in [4.78, 5) is 24.3. The molecule has 0 fully saturated rings. The Kier molecular flexibility index (Phi) is 7.58. The summed E-state index contributed by atoms with van der Waals surface area (Å²) in [7, 11) is -0.331. The van der Waals surface area contributed by atoms with Crippen LogP contribution in [0.4, 0.5) is 0 Å². The Balaban J connectivity index is 1.98. The fourth-order valence-corrected chi connectivity index (χ4v) is 3.42. The average molecular weight is 398 g/mol. The van der Waals surface area contributed by atoms with Crippen LogP contribution in [0.2, 0.25) is 19.6 Å². The van der Waals surface area contributed by atoms with Gasteiger partial charge in [0.1, 0.15) is 11.8 Å². The topological polar surface area (TPSA) is 64.6 Å². The van der Waals surface area contributed by atoms with Crippen molar-refractivity contribution in [1.82, 2.24) is 5.32 Å². The van der Waals surface area contributed by atoms with E-state index in [-0.39, 0.29) is 5.91 Å². The standard InChI is InChI=1S/C22H27NO4Si/c1-26-22(25)20(16-18-8-6-5-7-9-18)23-21(24)15-12-17-10-13-19(14-11-17)27-28(2,3)4/h5-15,20H,16H2,1-4H3,(H,23,24)/b15-12+/t20-/m0/s1. The van der Waals surface area contributed by atoms with Crippen molar-refractivity contribution in [2.24, 2.45) is 0 Å². The lowest BCUT2D eigenvalue weighted by molar-refractivity contribution is -0.144. The molecule has 1 amide bonds. The van der Waals surface area contributed by atoms with E-state index >= 15 is 0 Å². The van der Waals surface area contributed by atoms with E-state index in [0.29, 0.717) is 6.42 Å². The van der Waals surface area contributed by atoms with Crippen molar-refractivity contribution in [2.75, 3.05) is 7.11 Å². The minimum atomic E-state index is -1.64. The zero-order valence-electron chi connectivity index (χ0n) is 16.8. The van der Waals surface area contributed by atoms with E-state index in [4.69, 9.17) is 9.16 Å². The van der Waals surface area contributed by atoms with Crippen LogP contribution >= 0.6 is 0 Å². The van der Waals surface area contributed by atoms with Crippen molar-refractivity contribution >= 4 is 26.3 Å². The molecule has 0 spiro atoms. The molecule has 6 heteroatoms. The molecule has 0 bridgehead atoms. The van der Waals surface area contributed by atoms with Crippen molar-refractivity contribution in [3.63, 3.8) is 0 Å². The number of amides is 1. The van der Waals surface area contributed by atoms with Crippen molar-refractivity contribution in [1.29, 1.82) is 0 Å². The highest BCUT2D eigenvalue weighted by atomic mass is 28.4. The molecule has 2 aromatic rings.